The lowest BCUT2D eigenvalue weighted by Crippen LogP contribution is -2.47. The van der Waals surface area contributed by atoms with E-state index < -0.39 is 0 Å². The number of rotatable bonds is 6. The number of guanidine groups is 1. The van der Waals surface area contributed by atoms with Crippen molar-refractivity contribution in [3.63, 3.8) is 0 Å². The molecule has 1 saturated carbocycles. The van der Waals surface area contributed by atoms with E-state index in [4.69, 9.17) is 0 Å². The van der Waals surface area contributed by atoms with Gasteiger partial charge in [0.05, 0.1) is 0 Å². The summed E-state index contributed by atoms with van der Waals surface area (Å²) >= 11 is 0. The molecule has 5 nitrogen and oxygen atoms in total. The predicted octanol–water partition coefficient (Wildman–Crippen LogP) is 2.29. The van der Waals surface area contributed by atoms with Crippen LogP contribution < -0.4 is 10.6 Å². The molecule has 2 aliphatic heterocycles. The summed E-state index contributed by atoms with van der Waals surface area (Å²) in [6.07, 6.45) is 10.9. The molecule has 3 fully saturated rings. The van der Waals surface area contributed by atoms with Crippen LogP contribution in [0, 0.1) is 5.92 Å². The van der Waals surface area contributed by atoms with Crippen LogP contribution in [0.5, 0.6) is 0 Å². The van der Waals surface area contributed by atoms with Gasteiger partial charge in [0.25, 0.3) is 0 Å². The molecule has 0 bridgehead atoms. The van der Waals surface area contributed by atoms with Crippen LogP contribution in [0.25, 0.3) is 0 Å². The van der Waals surface area contributed by atoms with Gasteiger partial charge in [0, 0.05) is 38.8 Å². The zero-order valence-corrected chi connectivity index (χ0v) is 16.5. The van der Waals surface area contributed by atoms with Crippen LogP contribution >= 0.6 is 0 Å². The normalized spacial score (nSPS) is 27.9. The summed E-state index contributed by atoms with van der Waals surface area (Å²) in [5.41, 5.74) is 0. The van der Waals surface area contributed by atoms with Crippen LogP contribution in [0.1, 0.15) is 58.3 Å². The van der Waals surface area contributed by atoms with Gasteiger partial charge >= 0.3 is 0 Å². The molecular weight excluding hydrogens is 310 g/mol. The zero-order valence-electron chi connectivity index (χ0n) is 16.5. The fourth-order valence-corrected chi connectivity index (χ4v) is 4.87. The lowest BCUT2D eigenvalue weighted by atomic mass is 9.97. The van der Waals surface area contributed by atoms with Gasteiger partial charge in [0.1, 0.15) is 0 Å². The number of hydrogen-bond acceptors (Lipinski definition) is 3. The Morgan fingerprint density at radius 3 is 2.48 bits per heavy atom. The van der Waals surface area contributed by atoms with Crippen molar-refractivity contribution >= 4 is 5.96 Å². The molecule has 2 N–H and O–H groups in total. The minimum Gasteiger partial charge on any atom is -0.356 e. The summed E-state index contributed by atoms with van der Waals surface area (Å²) in [4.78, 5) is 9.79. The first-order chi connectivity index (χ1) is 12.3. The average Bonchev–Trinajstić information content (AvgIpc) is 3.31. The van der Waals surface area contributed by atoms with E-state index in [-0.39, 0.29) is 0 Å². The van der Waals surface area contributed by atoms with Gasteiger partial charge < -0.3 is 15.5 Å². The molecule has 1 unspecified atom stereocenters. The fraction of sp³-hybridized carbons (Fsp3) is 0.950. The summed E-state index contributed by atoms with van der Waals surface area (Å²) in [6.45, 7) is 9.60. The van der Waals surface area contributed by atoms with Gasteiger partial charge in [-0.2, -0.15) is 0 Å². The first kappa shape index (κ1) is 19.0. The van der Waals surface area contributed by atoms with Gasteiger partial charge in [0.2, 0.25) is 0 Å². The summed E-state index contributed by atoms with van der Waals surface area (Å²) in [7, 11) is 1.91. The Morgan fingerprint density at radius 1 is 1.04 bits per heavy atom. The van der Waals surface area contributed by atoms with Crippen LogP contribution in [0.2, 0.25) is 0 Å². The molecular formula is C20H39N5. The second-order valence-corrected chi connectivity index (χ2v) is 8.30. The van der Waals surface area contributed by atoms with Crippen molar-refractivity contribution in [2.45, 2.75) is 70.4 Å². The van der Waals surface area contributed by atoms with Crippen molar-refractivity contribution in [2.24, 2.45) is 10.9 Å². The Bertz CT molecular complexity index is 410. The molecule has 144 valence electrons. The van der Waals surface area contributed by atoms with Crippen molar-refractivity contribution in [3.05, 3.63) is 0 Å². The molecule has 1 aliphatic carbocycles. The van der Waals surface area contributed by atoms with E-state index >= 15 is 0 Å². The van der Waals surface area contributed by atoms with Gasteiger partial charge in [-0.1, -0.05) is 19.8 Å². The van der Waals surface area contributed by atoms with E-state index in [0.29, 0.717) is 6.04 Å². The average molecular weight is 350 g/mol. The Hall–Kier alpha value is -0.810. The van der Waals surface area contributed by atoms with E-state index in [2.05, 4.69) is 32.3 Å². The van der Waals surface area contributed by atoms with Gasteiger partial charge in [0.15, 0.2) is 5.96 Å². The monoisotopic (exact) mass is 349 g/mol. The van der Waals surface area contributed by atoms with E-state index in [9.17, 15) is 0 Å². The highest BCUT2D eigenvalue weighted by molar-refractivity contribution is 5.80. The Morgan fingerprint density at radius 2 is 1.80 bits per heavy atom. The van der Waals surface area contributed by atoms with Crippen molar-refractivity contribution in [1.29, 1.82) is 0 Å². The SMILES string of the molecule is CCCN1CCC(CNC(=NC)NC2CCN(C3CCCC3)C2)CC1. The second-order valence-electron chi connectivity index (χ2n) is 8.30. The first-order valence-corrected chi connectivity index (χ1v) is 10.7. The number of piperidine rings is 1. The first-order valence-electron chi connectivity index (χ1n) is 10.7. The molecule has 0 aromatic heterocycles. The molecule has 5 heteroatoms. The quantitative estimate of drug-likeness (QED) is 0.570. The summed E-state index contributed by atoms with van der Waals surface area (Å²) < 4.78 is 0. The maximum absolute atomic E-state index is 4.47. The molecule has 25 heavy (non-hydrogen) atoms. The Labute approximate surface area is 154 Å². The molecule has 3 aliphatic rings. The highest BCUT2D eigenvalue weighted by Crippen LogP contribution is 2.26. The van der Waals surface area contributed by atoms with Gasteiger partial charge in [-0.3, -0.25) is 9.89 Å². The highest BCUT2D eigenvalue weighted by Gasteiger charge is 2.30. The number of nitrogens with one attached hydrogen (secondary N) is 2. The lowest BCUT2D eigenvalue weighted by molar-refractivity contribution is 0.185. The van der Waals surface area contributed by atoms with Crippen molar-refractivity contribution < 1.29 is 0 Å². The fourth-order valence-electron chi connectivity index (χ4n) is 4.87. The highest BCUT2D eigenvalue weighted by atomic mass is 15.3. The van der Waals surface area contributed by atoms with E-state index in [0.717, 1.165) is 24.5 Å². The molecule has 0 amide bonds. The minimum atomic E-state index is 0.568. The van der Waals surface area contributed by atoms with Gasteiger partial charge in [-0.25, -0.2) is 0 Å². The van der Waals surface area contributed by atoms with E-state index in [1.54, 1.807) is 0 Å². The molecule has 0 aromatic carbocycles. The zero-order chi connectivity index (χ0) is 17.5. The second kappa shape index (κ2) is 9.77. The number of hydrogen-bond donors (Lipinski definition) is 2. The third-order valence-electron chi connectivity index (χ3n) is 6.43. The Kier molecular flexibility index (Phi) is 7.41. The molecule has 2 heterocycles. The maximum atomic E-state index is 4.47. The minimum absolute atomic E-state index is 0.568. The van der Waals surface area contributed by atoms with E-state index in [1.165, 1.54) is 84.1 Å². The molecule has 0 aromatic rings. The van der Waals surface area contributed by atoms with E-state index in [1.807, 2.05) is 7.05 Å². The van der Waals surface area contributed by atoms with Crippen LogP contribution in [-0.2, 0) is 0 Å². The third-order valence-corrected chi connectivity index (χ3v) is 6.43. The Balaban J connectivity index is 1.34. The van der Waals surface area contributed by atoms with Crippen LogP contribution in [-0.4, -0.2) is 74.2 Å². The van der Waals surface area contributed by atoms with Crippen LogP contribution in [0.4, 0.5) is 0 Å². The molecule has 1 atom stereocenters. The third kappa shape index (κ3) is 5.58. The van der Waals surface area contributed by atoms with Gasteiger partial charge in [-0.15, -0.1) is 0 Å². The lowest BCUT2D eigenvalue weighted by Gasteiger charge is -2.32. The number of aliphatic imine (C=N–C) groups is 1. The number of nitrogens with zero attached hydrogens (tertiary/aromatic N) is 3. The molecule has 2 saturated heterocycles. The number of likely N-dealkylation sites (tertiary alicyclic amines) is 2. The molecule has 0 radical (unpaired) electrons. The van der Waals surface area contributed by atoms with Crippen molar-refractivity contribution in [3.8, 4) is 0 Å². The molecule has 3 rings (SSSR count). The summed E-state index contributed by atoms with van der Waals surface area (Å²) in [5, 5.41) is 7.27. The standard InChI is InChI=1S/C20H39N5/c1-3-11-24-12-8-17(9-13-24)15-22-20(21-2)23-18-10-14-25(16-18)19-6-4-5-7-19/h17-19H,3-16H2,1-2H3,(H2,21,22,23). The van der Waals surface area contributed by atoms with Gasteiger partial charge in [-0.05, 0) is 64.1 Å². The summed E-state index contributed by atoms with van der Waals surface area (Å²) in [5.74, 6) is 1.81. The predicted molar refractivity (Wildman–Crippen MR) is 106 cm³/mol. The van der Waals surface area contributed by atoms with Crippen molar-refractivity contribution in [1.82, 2.24) is 20.4 Å². The molecule has 0 spiro atoms. The summed E-state index contributed by atoms with van der Waals surface area (Å²) in [6, 6.07) is 1.42. The largest absolute Gasteiger partial charge is 0.356 e. The van der Waals surface area contributed by atoms with Crippen molar-refractivity contribution in [2.75, 3.05) is 46.3 Å². The van der Waals surface area contributed by atoms with Crippen LogP contribution in [0.15, 0.2) is 4.99 Å². The van der Waals surface area contributed by atoms with Crippen LogP contribution in [0.3, 0.4) is 0 Å². The maximum Gasteiger partial charge on any atom is 0.191 e. The smallest absolute Gasteiger partial charge is 0.191 e. The topological polar surface area (TPSA) is 42.9 Å².